The summed E-state index contributed by atoms with van der Waals surface area (Å²) in [5.74, 6) is 1.65. The molecule has 1 saturated heterocycles. The van der Waals surface area contributed by atoms with Crippen molar-refractivity contribution in [1.29, 1.82) is 0 Å². The number of nitrogens with zero attached hydrogens (tertiary/aromatic N) is 6. The van der Waals surface area contributed by atoms with Crippen molar-refractivity contribution in [3.05, 3.63) is 52.9 Å². The van der Waals surface area contributed by atoms with E-state index in [1.165, 1.54) is 16.0 Å². The maximum absolute atomic E-state index is 12.6. The van der Waals surface area contributed by atoms with Crippen LogP contribution in [0.25, 0.3) is 10.6 Å². The Labute approximate surface area is 240 Å². The highest BCUT2D eigenvalue weighted by Crippen LogP contribution is 2.29. The number of anilines is 3. The summed E-state index contributed by atoms with van der Waals surface area (Å²) in [5, 5.41) is 18.9. The molecular formula is C27H31N7O6S. The molecule has 14 heteroatoms. The highest BCUT2D eigenvalue weighted by atomic mass is 32.1. The number of aliphatic hydroxyl groups excluding tert-OH is 1. The number of morpholine rings is 1. The summed E-state index contributed by atoms with van der Waals surface area (Å²) in [6.45, 7) is 4.53. The number of nitrogens with one attached hydrogen (secondary N) is 1. The minimum atomic E-state index is -0.582. The van der Waals surface area contributed by atoms with Gasteiger partial charge in [-0.3, -0.25) is 0 Å². The Hall–Kier alpha value is -4.27. The van der Waals surface area contributed by atoms with Crippen LogP contribution in [0.3, 0.4) is 0 Å². The van der Waals surface area contributed by atoms with Gasteiger partial charge in [0, 0.05) is 31.1 Å². The number of thiophene rings is 1. The Morgan fingerprint density at radius 1 is 1.17 bits per heavy atom. The lowest BCUT2D eigenvalue weighted by Crippen LogP contribution is -2.37. The number of carbonyl (C=O) groups excluding carboxylic acids is 1. The van der Waals surface area contributed by atoms with Crippen molar-refractivity contribution in [2.75, 3.05) is 56.8 Å². The zero-order chi connectivity index (χ0) is 28.6. The molecule has 1 fully saturated rings. The van der Waals surface area contributed by atoms with Gasteiger partial charge in [0.15, 0.2) is 5.82 Å². The molecule has 1 aliphatic heterocycles. The molecule has 0 unspecified atom stereocenters. The van der Waals surface area contributed by atoms with Crippen molar-refractivity contribution in [2.45, 2.75) is 20.0 Å². The van der Waals surface area contributed by atoms with Crippen LogP contribution in [-0.2, 0) is 22.5 Å². The largest absolute Gasteiger partial charge is 0.496 e. The Morgan fingerprint density at radius 2 is 2.02 bits per heavy atom. The second kappa shape index (κ2) is 13.4. The molecule has 4 aromatic rings. The predicted octanol–water partition coefficient (Wildman–Crippen LogP) is 3.50. The molecule has 41 heavy (non-hydrogen) atoms. The number of methoxy groups -OCH3 is 1. The van der Waals surface area contributed by atoms with Crippen LogP contribution >= 0.6 is 11.3 Å². The molecule has 2 N–H and O–H groups in total. The minimum Gasteiger partial charge on any atom is -0.496 e. The molecule has 0 spiro atoms. The predicted molar refractivity (Wildman–Crippen MR) is 152 cm³/mol. The quantitative estimate of drug-likeness (QED) is 0.267. The molecule has 13 nitrogen and oxygen atoms in total. The second-order valence-corrected chi connectivity index (χ2v) is 9.82. The lowest BCUT2D eigenvalue weighted by Gasteiger charge is -2.26. The standard InChI is InChI=1S/C27H31N7O6S/c1-3-39-27(36)34-20(22-5-4-14-41-22)16-23(32-34)28-24-29-25(33-9-12-38-13-10-33)31-26(30-24)40-11-8-18-6-7-19(17-35)21(15-18)37-2/h4-7,14-16,35H,3,8-13,17H2,1-2H3,(H,28,29,30,31,32). The first-order chi connectivity index (χ1) is 20.1. The minimum absolute atomic E-state index is 0.0995. The molecule has 0 radical (unpaired) electrons. The molecule has 1 aromatic carbocycles. The van der Waals surface area contributed by atoms with Gasteiger partial charge in [-0.2, -0.15) is 19.6 Å². The Kier molecular flexibility index (Phi) is 9.23. The van der Waals surface area contributed by atoms with Crippen LogP contribution in [0.2, 0.25) is 0 Å². The van der Waals surface area contributed by atoms with Crippen LogP contribution in [0.4, 0.5) is 22.5 Å². The number of benzene rings is 1. The van der Waals surface area contributed by atoms with Crippen LogP contribution in [-0.4, -0.2) is 82.6 Å². The molecule has 0 aliphatic carbocycles. The van der Waals surface area contributed by atoms with Gasteiger partial charge in [-0.05, 0) is 30.0 Å². The third-order valence-electron chi connectivity index (χ3n) is 6.20. The van der Waals surface area contributed by atoms with Gasteiger partial charge in [0.25, 0.3) is 0 Å². The maximum Gasteiger partial charge on any atom is 0.435 e. The fraction of sp³-hybridized carbons (Fsp3) is 0.370. The summed E-state index contributed by atoms with van der Waals surface area (Å²) in [5.41, 5.74) is 2.28. The van der Waals surface area contributed by atoms with Crippen LogP contribution in [0.5, 0.6) is 11.8 Å². The molecule has 5 rings (SSSR count). The summed E-state index contributed by atoms with van der Waals surface area (Å²) in [7, 11) is 1.57. The van der Waals surface area contributed by atoms with Gasteiger partial charge in [0.2, 0.25) is 11.9 Å². The van der Waals surface area contributed by atoms with Gasteiger partial charge in [0.1, 0.15) is 5.75 Å². The van der Waals surface area contributed by atoms with Crippen molar-refractivity contribution in [2.24, 2.45) is 0 Å². The second-order valence-electron chi connectivity index (χ2n) is 8.87. The molecule has 3 aromatic heterocycles. The molecule has 0 atom stereocenters. The van der Waals surface area contributed by atoms with E-state index in [2.05, 4.69) is 25.4 Å². The van der Waals surface area contributed by atoms with Gasteiger partial charge in [-0.1, -0.05) is 18.2 Å². The first-order valence-electron chi connectivity index (χ1n) is 13.1. The SMILES string of the molecule is CCOC(=O)n1nc(Nc2nc(OCCc3ccc(CO)c(OC)c3)nc(N3CCOCC3)n2)cc1-c1cccs1. The van der Waals surface area contributed by atoms with E-state index < -0.39 is 6.09 Å². The van der Waals surface area contributed by atoms with E-state index in [9.17, 15) is 9.90 Å². The lowest BCUT2D eigenvalue weighted by atomic mass is 10.1. The van der Waals surface area contributed by atoms with Crippen LogP contribution in [0.15, 0.2) is 41.8 Å². The fourth-order valence-electron chi connectivity index (χ4n) is 4.19. The van der Waals surface area contributed by atoms with Crippen molar-refractivity contribution in [1.82, 2.24) is 24.7 Å². The van der Waals surface area contributed by atoms with Crippen LogP contribution < -0.4 is 19.7 Å². The van der Waals surface area contributed by atoms with Crippen LogP contribution in [0, 0.1) is 0 Å². The Balaban J connectivity index is 1.38. The van der Waals surface area contributed by atoms with Crippen molar-refractivity contribution in [3.63, 3.8) is 0 Å². The normalized spacial score (nSPS) is 13.2. The van der Waals surface area contributed by atoms with Gasteiger partial charge in [-0.15, -0.1) is 16.4 Å². The third kappa shape index (κ3) is 6.90. The van der Waals surface area contributed by atoms with E-state index in [0.29, 0.717) is 68.1 Å². The summed E-state index contributed by atoms with van der Waals surface area (Å²) < 4.78 is 23.2. The smallest absolute Gasteiger partial charge is 0.435 e. The van der Waals surface area contributed by atoms with E-state index >= 15 is 0 Å². The fourth-order valence-corrected chi connectivity index (χ4v) is 4.91. The molecular weight excluding hydrogens is 550 g/mol. The van der Waals surface area contributed by atoms with Crippen molar-refractivity contribution in [3.8, 4) is 22.3 Å². The third-order valence-corrected chi connectivity index (χ3v) is 7.10. The molecule has 1 aliphatic rings. The van der Waals surface area contributed by atoms with E-state index in [-0.39, 0.29) is 25.2 Å². The molecule has 0 saturated carbocycles. The van der Waals surface area contributed by atoms with Crippen LogP contribution in [0.1, 0.15) is 18.1 Å². The lowest BCUT2D eigenvalue weighted by molar-refractivity contribution is 0.122. The number of aliphatic hydroxyl groups is 1. The van der Waals surface area contributed by atoms with E-state index in [1.54, 1.807) is 20.1 Å². The number of rotatable bonds is 11. The Bertz CT molecular complexity index is 1460. The summed E-state index contributed by atoms with van der Waals surface area (Å²) in [6, 6.07) is 11.3. The molecule has 4 heterocycles. The average Bonchev–Trinajstić information content (AvgIpc) is 3.68. The van der Waals surface area contributed by atoms with Crippen molar-refractivity contribution >= 4 is 35.1 Å². The van der Waals surface area contributed by atoms with E-state index in [4.69, 9.17) is 18.9 Å². The highest BCUT2D eigenvalue weighted by Gasteiger charge is 2.21. The topological polar surface area (TPSA) is 146 Å². The molecule has 0 amide bonds. The van der Waals surface area contributed by atoms with Gasteiger partial charge >= 0.3 is 12.1 Å². The number of hydrogen-bond donors (Lipinski definition) is 2. The van der Waals surface area contributed by atoms with Crippen molar-refractivity contribution < 1.29 is 28.8 Å². The first-order valence-corrected chi connectivity index (χ1v) is 14.0. The maximum atomic E-state index is 12.6. The van der Waals surface area contributed by atoms with Gasteiger partial charge in [0.05, 0.1) is 50.7 Å². The number of ether oxygens (including phenoxy) is 4. The zero-order valence-electron chi connectivity index (χ0n) is 22.8. The van der Waals surface area contributed by atoms with Gasteiger partial charge < -0.3 is 34.3 Å². The molecule has 0 bridgehead atoms. The number of carbonyl (C=O) groups is 1. The Morgan fingerprint density at radius 3 is 2.76 bits per heavy atom. The van der Waals surface area contributed by atoms with E-state index in [1.807, 2.05) is 40.6 Å². The summed E-state index contributed by atoms with van der Waals surface area (Å²) in [4.78, 5) is 29.1. The highest BCUT2D eigenvalue weighted by molar-refractivity contribution is 7.13. The first kappa shape index (κ1) is 28.3. The zero-order valence-corrected chi connectivity index (χ0v) is 23.6. The number of aromatic nitrogens is 5. The summed E-state index contributed by atoms with van der Waals surface area (Å²) in [6.07, 6.45) is -0.0152. The van der Waals surface area contributed by atoms with E-state index in [0.717, 1.165) is 10.4 Å². The average molecular weight is 582 g/mol. The summed E-state index contributed by atoms with van der Waals surface area (Å²) >= 11 is 1.48. The van der Waals surface area contributed by atoms with Gasteiger partial charge in [-0.25, -0.2) is 4.79 Å². The molecule has 216 valence electrons. The monoisotopic (exact) mass is 581 g/mol. The number of hydrogen-bond acceptors (Lipinski definition) is 13.